The fourth-order valence-corrected chi connectivity index (χ4v) is 4.64. The van der Waals surface area contributed by atoms with Crippen LogP contribution in [0.5, 0.6) is 0 Å². The van der Waals surface area contributed by atoms with Crippen LogP contribution in [0.4, 0.5) is 10.2 Å². The molecule has 5 heteroatoms. The Hall–Kier alpha value is -3.73. The molecule has 4 aromatic rings. The molecule has 0 radical (unpaired) electrons. The molecule has 3 aromatic carbocycles. The topological polar surface area (TPSA) is 33.4 Å². The SMILES string of the molecule is Cc1nn(-c2ccccc2)c2c1C(c1ccccc1)N(C1CC1)C(c1ccc(F)cc1)=N2. The van der Waals surface area contributed by atoms with Gasteiger partial charge in [0.25, 0.3) is 0 Å². The van der Waals surface area contributed by atoms with E-state index >= 15 is 0 Å². The van der Waals surface area contributed by atoms with Gasteiger partial charge in [-0.15, -0.1) is 0 Å². The summed E-state index contributed by atoms with van der Waals surface area (Å²) in [5.74, 6) is 1.48. The van der Waals surface area contributed by atoms with Gasteiger partial charge in [0.2, 0.25) is 0 Å². The summed E-state index contributed by atoms with van der Waals surface area (Å²) >= 11 is 0. The first kappa shape index (κ1) is 19.0. The van der Waals surface area contributed by atoms with Gasteiger partial charge in [-0.25, -0.2) is 14.1 Å². The lowest BCUT2D eigenvalue weighted by Gasteiger charge is -2.38. The number of para-hydroxylation sites is 1. The molecule has 2 heterocycles. The van der Waals surface area contributed by atoms with Crippen molar-refractivity contribution < 1.29 is 4.39 Å². The van der Waals surface area contributed by atoms with Crippen LogP contribution in [0.15, 0.2) is 89.9 Å². The molecule has 0 amide bonds. The van der Waals surface area contributed by atoms with E-state index in [9.17, 15) is 4.39 Å². The highest BCUT2D eigenvalue weighted by Crippen LogP contribution is 2.47. The zero-order valence-corrected chi connectivity index (χ0v) is 17.8. The number of aryl methyl sites for hydroxylation is 1. The van der Waals surface area contributed by atoms with E-state index in [-0.39, 0.29) is 11.9 Å². The maximum absolute atomic E-state index is 13.7. The molecule has 4 nitrogen and oxygen atoms in total. The number of nitrogens with zero attached hydrogens (tertiary/aromatic N) is 4. The van der Waals surface area contributed by atoms with Gasteiger partial charge in [-0.05, 0) is 61.7 Å². The molecular formula is C27H23FN4. The Morgan fingerprint density at radius 1 is 0.844 bits per heavy atom. The van der Waals surface area contributed by atoms with E-state index in [1.165, 1.54) is 17.7 Å². The number of hydrogen-bond acceptors (Lipinski definition) is 3. The van der Waals surface area contributed by atoms with Gasteiger partial charge < -0.3 is 4.90 Å². The molecule has 0 bridgehead atoms. The van der Waals surface area contributed by atoms with Crippen molar-refractivity contribution in [2.45, 2.75) is 31.8 Å². The van der Waals surface area contributed by atoms with Gasteiger partial charge in [0.15, 0.2) is 5.82 Å². The first-order valence-electron chi connectivity index (χ1n) is 11.0. The smallest absolute Gasteiger partial charge is 0.163 e. The van der Waals surface area contributed by atoms with Gasteiger partial charge in [-0.1, -0.05) is 48.5 Å². The summed E-state index contributed by atoms with van der Waals surface area (Å²) in [6.45, 7) is 2.07. The quantitative estimate of drug-likeness (QED) is 0.406. The summed E-state index contributed by atoms with van der Waals surface area (Å²) in [7, 11) is 0. The van der Waals surface area contributed by atoms with Gasteiger partial charge in [-0.2, -0.15) is 5.10 Å². The van der Waals surface area contributed by atoms with E-state index in [0.717, 1.165) is 47.0 Å². The summed E-state index contributed by atoms with van der Waals surface area (Å²) in [4.78, 5) is 7.61. The van der Waals surface area contributed by atoms with Crippen LogP contribution in [-0.4, -0.2) is 26.6 Å². The van der Waals surface area contributed by atoms with Crippen LogP contribution >= 0.6 is 0 Å². The number of hydrogen-bond donors (Lipinski definition) is 0. The lowest BCUT2D eigenvalue weighted by molar-refractivity contribution is 0.341. The molecule has 32 heavy (non-hydrogen) atoms. The van der Waals surface area contributed by atoms with E-state index in [1.54, 1.807) is 0 Å². The monoisotopic (exact) mass is 422 g/mol. The van der Waals surface area contributed by atoms with Crippen LogP contribution in [0.3, 0.4) is 0 Å². The zero-order chi connectivity index (χ0) is 21.7. The largest absolute Gasteiger partial charge is 0.342 e. The van der Waals surface area contributed by atoms with E-state index in [1.807, 2.05) is 53.2 Å². The van der Waals surface area contributed by atoms with Gasteiger partial charge in [0.1, 0.15) is 11.7 Å². The molecule has 1 unspecified atom stereocenters. The second kappa shape index (κ2) is 7.45. The Morgan fingerprint density at radius 2 is 1.50 bits per heavy atom. The number of aromatic nitrogens is 2. The van der Waals surface area contributed by atoms with Crippen molar-refractivity contribution in [2.75, 3.05) is 0 Å². The highest BCUT2D eigenvalue weighted by molar-refractivity contribution is 6.02. The maximum Gasteiger partial charge on any atom is 0.163 e. The molecule has 0 saturated heterocycles. The molecule has 6 rings (SSSR count). The van der Waals surface area contributed by atoms with Crippen molar-refractivity contribution in [3.63, 3.8) is 0 Å². The number of aliphatic imine (C=N–C) groups is 1. The molecule has 1 aromatic heterocycles. The van der Waals surface area contributed by atoms with Gasteiger partial charge >= 0.3 is 0 Å². The number of fused-ring (bicyclic) bond motifs is 1. The summed E-state index contributed by atoms with van der Waals surface area (Å²) in [6, 6.07) is 27.8. The van der Waals surface area contributed by atoms with Crippen molar-refractivity contribution in [1.82, 2.24) is 14.7 Å². The minimum atomic E-state index is -0.242. The van der Waals surface area contributed by atoms with Crippen LogP contribution in [0, 0.1) is 12.7 Å². The molecule has 1 atom stereocenters. The zero-order valence-electron chi connectivity index (χ0n) is 17.8. The third kappa shape index (κ3) is 3.12. The molecule has 1 aliphatic heterocycles. The first-order valence-corrected chi connectivity index (χ1v) is 11.0. The van der Waals surface area contributed by atoms with E-state index in [4.69, 9.17) is 10.1 Å². The number of halogens is 1. The van der Waals surface area contributed by atoms with Crippen LogP contribution < -0.4 is 0 Å². The van der Waals surface area contributed by atoms with Crippen LogP contribution in [0.25, 0.3) is 5.69 Å². The lowest BCUT2D eigenvalue weighted by Crippen LogP contribution is -2.40. The van der Waals surface area contributed by atoms with Gasteiger partial charge in [-0.3, -0.25) is 0 Å². The fraction of sp³-hybridized carbons (Fsp3) is 0.185. The van der Waals surface area contributed by atoms with E-state index < -0.39 is 0 Å². The highest BCUT2D eigenvalue weighted by Gasteiger charge is 2.43. The number of amidine groups is 1. The molecule has 1 aliphatic carbocycles. The standard InChI is InChI=1S/C27H23FN4/c1-18-24-25(19-8-4-2-5-9-19)31(22-16-17-22)26(20-12-14-21(28)15-13-20)29-27(24)32(30-18)23-10-6-3-7-11-23/h2-15,22,25H,16-17H2,1H3. The highest BCUT2D eigenvalue weighted by atomic mass is 19.1. The summed E-state index contributed by atoms with van der Waals surface area (Å²) in [5, 5.41) is 4.92. The molecule has 1 saturated carbocycles. The minimum Gasteiger partial charge on any atom is -0.342 e. The summed E-state index contributed by atoms with van der Waals surface area (Å²) in [5.41, 5.74) is 5.23. The molecule has 2 aliphatic rings. The van der Waals surface area contributed by atoms with Gasteiger partial charge in [0, 0.05) is 17.2 Å². The second-order valence-electron chi connectivity index (χ2n) is 8.46. The van der Waals surface area contributed by atoms with Crippen LogP contribution in [0.2, 0.25) is 0 Å². The van der Waals surface area contributed by atoms with Crippen molar-refractivity contribution in [2.24, 2.45) is 4.99 Å². The Kier molecular flexibility index (Phi) is 4.42. The number of rotatable bonds is 4. The van der Waals surface area contributed by atoms with E-state index in [2.05, 4.69) is 36.1 Å². The van der Waals surface area contributed by atoms with Crippen molar-refractivity contribution >= 4 is 11.7 Å². The molecule has 0 spiro atoms. The molecule has 0 N–H and O–H groups in total. The molecule has 1 fully saturated rings. The second-order valence-corrected chi connectivity index (χ2v) is 8.46. The lowest BCUT2D eigenvalue weighted by atomic mass is 9.94. The Balaban J connectivity index is 1.63. The van der Waals surface area contributed by atoms with Gasteiger partial charge in [0.05, 0.1) is 17.4 Å². The number of benzene rings is 3. The average Bonchev–Trinajstić information content (AvgIpc) is 3.63. The fourth-order valence-electron chi connectivity index (χ4n) is 4.64. The Morgan fingerprint density at radius 3 is 2.16 bits per heavy atom. The van der Waals surface area contributed by atoms with Crippen molar-refractivity contribution in [1.29, 1.82) is 0 Å². The summed E-state index contributed by atoms with van der Waals surface area (Å²) < 4.78 is 15.7. The Labute approximate surface area is 186 Å². The Bertz CT molecular complexity index is 1290. The normalized spacial score (nSPS) is 17.8. The maximum atomic E-state index is 13.7. The predicted molar refractivity (Wildman–Crippen MR) is 124 cm³/mol. The first-order chi connectivity index (χ1) is 15.7. The molecule has 158 valence electrons. The van der Waals surface area contributed by atoms with E-state index in [0.29, 0.717) is 6.04 Å². The van der Waals surface area contributed by atoms with Crippen LogP contribution in [-0.2, 0) is 0 Å². The summed E-state index contributed by atoms with van der Waals surface area (Å²) in [6.07, 6.45) is 2.26. The van der Waals surface area contributed by atoms with Crippen molar-refractivity contribution in [3.05, 3.63) is 113 Å². The van der Waals surface area contributed by atoms with Crippen molar-refractivity contribution in [3.8, 4) is 5.69 Å². The minimum absolute atomic E-state index is 0.00807. The van der Waals surface area contributed by atoms with Crippen LogP contribution in [0.1, 0.15) is 41.3 Å². The average molecular weight is 423 g/mol. The third-order valence-corrected chi connectivity index (χ3v) is 6.25. The molecular weight excluding hydrogens is 399 g/mol. The predicted octanol–water partition coefficient (Wildman–Crippen LogP) is 5.97. The third-order valence-electron chi connectivity index (χ3n) is 6.25.